The number of nitrogens with one attached hydrogen (secondary N) is 1. The largest absolute Gasteiger partial charge is 0.335 e. The van der Waals surface area contributed by atoms with E-state index in [0.29, 0.717) is 0 Å². The van der Waals surface area contributed by atoms with Gasteiger partial charge in [-0.2, -0.15) is 0 Å². The molecule has 2 aliphatic rings. The average molecular weight is 241 g/mol. The van der Waals surface area contributed by atoms with Gasteiger partial charge in [-0.3, -0.25) is 4.79 Å². The highest BCUT2D eigenvalue weighted by Gasteiger charge is 2.42. The first-order valence-corrected chi connectivity index (χ1v) is 4.98. The molecule has 0 aromatic rings. The molecule has 88 valence electrons. The minimum absolute atomic E-state index is 0. The second kappa shape index (κ2) is 4.61. The number of carbonyl (C=O) groups excluding carboxylic acids is 1. The van der Waals surface area contributed by atoms with Crippen LogP contribution in [0.3, 0.4) is 0 Å². The third-order valence-corrected chi connectivity index (χ3v) is 2.84. The van der Waals surface area contributed by atoms with Gasteiger partial charge >= 0.3 is 0 Å². The van der Waals surface area contributed by atoms with Crippen molar-refractivity contribution in [2.24, 2.45) is 0 Å². The Morgan fingerprint density at radius 3 is 2.67 bits per heavy atom. The molecule has 0 aromatic heterocycles. The topological polar surface area (TPSA) is 32.3 Å². The zero-order valence-electron chi connectivity index (χ0n) is 8.34. The van der Waals surface area contributed by atoms with Gasteiger partial charge in [0.2, 0.25) is 5.91 Å². The molecule has 2 aliphatic heterocycles. The summed E-state index contributed by atoms with van der Waals surface area (Å²) >= 11 is 0. The monoisotopic (exact) mass is 240 g/mol. The lowest BCUT2D eigenvalue weighted by atomic mass is 10.2. The van der Waals surface area contributed by atoms with Crippen LogP contribution in [0.2, 0.25) is 0 Å². The van der Waals surface area contributed by atoms with Gasteiger partial charge in [-0.1, -0.05) is 0 Å². The standard InChI is InChI=1S/C9H14F2N2O.ClH/c10-9(11)3-5-13(6-9)8(14)7-2-1-4-12-7;/h7,12H,1-6H2;1H/t7-;/m0./s1. The molecule has 0 bridgehead atoms. The Morgan fingerprint density at radius 1 is 1.47 bits per heavy atom. The van der Waals surface area contributed by atoms with Crippen molar-refractivity contribution in [3.63, 3.8) is 0 Å². The van der Waals surface area contributed by atoms with Crippen LogP contribution in [0.5, 0.6) is 0 Å². The van der Waals surface area contributed by atoms with E-state index >= 15 is 0 Å². The maximum atomic E-state index is 12.8. The number of likely N-dealkylation sites (tertiary alicyclic amines) is 1. The van der Waals surface area contributed by atoms with E-state index in [9.17, 15) is 13.6 Å². The second-order valence-electron chi connectivity index (χ2n) is 4.01. The predicted molar refractivity (Wildman–Crippen MR) is 54.4 cm³/mol. The highest BCUT2D eigenvalue weighted by molar-refractivity contribution is 5.85. The zero-order valence-corrected chi connectivity index (χ0v) is 9.16. The summed E-state index contributed by atoms with van der Waals surface area (Å²) in [7, 11) is 0. The number of hydrogen-bond acceptors (Lipinski definition) is 2. The van der Waals surface area contributed by atoms with E-state index in [-0.39, 0.29) is 37.3 Å². The Morgan fingerprint density at radius 2 is 2.20 bits per heavy atom. The number of amides is 1. The molecule has 0 radical (unpaired) electrons. The predicted octanol–water partition coefficient (Wildman–Crippen LogP) is 1.03. The first kappa shape index (κ1) is 12.6. The highest BCUT2D eigenvalue weighted by atomic mass is 35.5. The van der Waals surface area contributed by atoms with E-state index in [2.05, 4.69) is 5.32 Å². The van der Waals surface area contributed by atoms with Crippen molar-refractivity contribution in [3.8, 4) is 0 Å². The van der Waals surface area contributed by atoms with Crippen LogP contribution < -0.4 is 5.32 Å². The van der Waals surface area contributed by atoms with E-state index < -0.39 is 12.5 Å². The fourth-order valence-electron chi connectivity index (χ4n) is 2.04. The molecule has 0 unspecified atom stereocenters. The smallest absolute Gasteiger partial charge is 0.267 e. The summed E-state index contributed by atoms with van der Waals surface area (Å²) in [5.41, 5.74) is 0. The van der Waals surface area contributed by atoms with Crippen molar-refractivity contribution in [2.75, 3.05) is 19.6 Å². The summed E-state index contributed by atoms with van der Waals surface area (Å²) in [6.45, 7) is 0.620. The lowest BCUT2D eigenvalue weighted by Crippen LogP contribution is -2.43. The third-order valence-electron chi connectivity index (χ3n) is 2.84. The van der Waals surface area contributed by atoms with Gasteiger partial charge in [-0.05, 0) is 19.4 Å². The molecule has 1 atom stereocenters. The first-order chi connectivity index (χ1) is 6.58. The van der Waals surface area contributed by atoms with Gasteiger partial charge in [0, 0.05) is 13.0 Å². The Labute approximate surface area is 93.6 Å². The molecule has 6 heteroatoms. The van der Waals surface area contributed by atoms with E-state index in [1.54, 1.807) is 0 Å². The van der Waals surface area contributed by atoms with E-state index in [1.807, 2.05) is 0 Å². The maximum Gasteiger partial charge on any atom is 0.267 e. The molecule has 1 amide bonds. The number of carbonyl (C=O) groups is 1. The summed E-state index contributed by atoms with van der Waals surface area (Å²) in [4.78, 5) is 12.9. The van der Waals surface area contributed by atoms with Gasteiger partial charge in [0.05, 0.1) is 12.6 Å². The number of nitrogens with zero attached hydrogens (tertiary/aromatic N) is 1. The molecule has 3 nitrogen and oxygen atoms in total. The van der Waals surface area contributed by atoms with Crippen LogP contribution in [0.25, 0.3) is 0 Å². The van der Waals surface area contributed by atoms with Gasteiger partial charge in [-0.25, -0.2) is 8.78 Å². The van der Waals surface area contributed by atoms with Crippen LogP contribution in [-0.4, -0.2) is 42.4 Å². The van der Waals surface area contributed by atoms with Crippen LogP contribution in [0.4, 0.5) is 8.78 Å². The Balaban J connectivity index is 0.00000112. The molecule has 1 N–H and O–H groups in total. The molecule has 0 aromatic carbocycles. The maximum absolute atomic E-state index is 12.8. The molecule has 0 spiro atoms. The quantitative estimate of drug-likeness (QED) is 0.743. The summed E-state index contributed by atoms with van der Waals surface area (Å²) in [5.74, 6) is -2.83. The number of halogens is 3. The summed E-state index contributed by atoms with van der Waals surface area (Å²) < 4.78 is 25.7. The highest BCUT2D eigenvalue weighted by Crippen LogP contribution is 2.27. The molecular weight excluding hydrogens is 226 g/mol. The van der Waals surface area contributed by atoms with Gasteiger partial charge < -0.3 is 10.2 Å². The second-order valence-corrected chi connectivity index (χ2v) is 4.01. The van der Waals surface area contributed by atoms with Crippen molar-refractivity contribution in [3.05, 3.63) is 0 Å². The van der Waals surface area contributed by atoms with Crippen LogP contribution in [0, 0.1) is 0 Å². The normalized spacial score (nSPS) is 28.9. The molecule has 0 saturated carbocycles. The van der Waals surface area contributed by atoms with E-state index in [0.717, 1.165) is 19.4 Å². The van der Waals surface area contributed by atoms with Crippen molar-refractivity contribution in [1.82, 2.24) is 10.2 Å². The minimum Gasteiger partial charge on any atom is -0.335 e. The Hall–Kier alpha value is -0.420. The fourth-order valence-corrected chi connectivity index (χ4v) is 2.04. The van der Waals surface area contributed by atoms with Gasteiger partial charge in [0.15, 0.2) is 0 Å². The van der Waals surface area contributed by atoms with Gasteiger partial charge in [0.25, 0.3) is 5.92 Å². The van der Waals surface area contributed by atoms with Crippen molar-refractivity contribution in [1.29, 1.82) is 0 Å². The van der Waals surface area contributed by atoms with Crippen LogP contribution in [0.1, 0.15) is 19.3 Å². The molecule has 2 fully saturated rings. The third kappa shape index (κ3) is 2.78. The Kier molecular flexibility index (Phi) is 3.89. The van der Waals surface area contributed by atoms with Gasteiger partial charge in [0.1, 0.15) is 0 Å². The summed E-state index contributed by atoms with van der Waals surface area (Å²) in [6.07, 6.45) is 1.55. The van der Waals surface area contributed by atoms with Crippen molar-refractivity contribution >= 4 is 18.3 Å². The summed E-state index contributed by atoms with van der Waals surface area (Å²) in [6, 6.07) is -0.219. The lowest BCUT2D eigenvalue weighted by molar-refractivity contribution is -0.133. The molecule has 0 aliphatic carbocycles. The van der Waals surface area contributed by atoms with E-state index in [4.69, 9.17) is 0 Å². The number of hydrogen-bond donors (Lipinski definition) is 1. The van der Waals surface area contributed by atoms with Gasteiger partial charge in [-0.15, -0.1) is 12.4 Å². The summed E-state index contributed by atoms with van der Waals surface area (Å²) in [5, 5.41) is 3.02. The first-order valence-electron chi connectivity index (χ1n) is 4.98. The molecule has 2 rings (SSSR count). The Bertz CT molecular complexity index is 244. The average Bonchev–Trinajstić information content (AvgIpc) is 2.72. The minimum atomic E-state index is -2.67. The van der Waals surface area contributed by atoms with Crippen molar-refractivity contribution < 1.29 is 13.6 Å². The number of rotatable bonds is 1. The van der Waals surface area contributed by atoms with Crippen LogP contribution in [0.15, 0.2) is 0 Å². The van der Waals surface area contributed by atoms with Crippen LogP contribution >= 0.6 is 12.4 Å². The molecule has 2 saturated heterocycles. The zero-order chi connectivity index (χ0) is 10.2. The number of alkyl halides is 2. The SMILES string of the molecule is Cl.O=C([C@@H]1CCCN1)N1CCC(F)(F)C1. The fraction of sp³-hybridized carbons (Fsp3) is 0.889. The van der Waals surface area contributed by atoms with Crippen molar-refractivity contribution in [2.45, 2.75) is 31.2 Å². The molecule has 2 heterocycles. The van der Waals surface area contributed by atoms with Crippen LogP contribution in [-0.2, 0) is 4.79 Å². The molecule has 15 heavy (non-hydrogen) atoms. The molecular formula is C9H15ClF2N2O. The lowest BCUT2D eigenvalue weighted by Gasteiger charge is -2.20. The van der Waals surface area contributed by atoms with E-state index in [1.165, 1.54) is 4.90 Å².